The van der Waals surface area contributed by atoms with E-state index < -0.39 is 0 Å². The predicted octanol–water partition coefficient (Wildman–Crippen LogP) is 4.09. The lowest BCUT2D eigenvalue weighted by atomic mass is 10.0. The van der Waals surface area contributed by atoms with Gasteiger partial charge in [-0.2, -0.15) is 0 Å². The molecular weight excluding hydrogens is 280 g/mol. The molecule has 0 bridgehead atoms. The molecule has 0 unspecified atom stereocenters. The number of phenols is 2. The molecular formula is C14H13BrO2. The Morgan fingerprint density at radius 2 is 1.71 bits per heavy atom. The molecule has 0 atom stereocenters. The summed E-state index contributed by atoms with van der Waals surface area (Å²) in [5.41, 5.74) is 2.81. The summed E-state index contributed by atoms with van der Waals surface area (Å²) in [6.07, 6.45) is 0.907. The lowest BCUT2D eigenvalue weighted by Gasteiger charge is -2.09. The fourth-order valence-electron chi connectivity index (χ4n) is 1.72. The molecule has 0 saturated heterocycles. The van der Waals surface area contributed by atoms with Crippen LogP contribution < -0.4 is 0 Å². The fraction of sp³-hybridized carbons (Fsp3) is 0.143. The first-order chi connectivity index (χ1) is 8.11. The highest BCUT2D eigenvalue weighted by molar-refractivity contribution is 9.10. The third-order valence-electron chi connectivity index (χ3n) is 2.71. The minimum atomic E-state index is 0.221. The maximum Gasteiger partial charge on any atom is 0.137 e. The summed E-state index contributed by atoms with van der Waals surface area (Å²) in [5.74, 6) is 0.451. The van der Waals surface area contributed by atoms with Crippen LogP contribution in [-0.4, -0.2) is 10.2 Å². The van der Waals surface area contributed by atoms with Crippen molar-refractivity contribution in [2.45, 2.75) is 13.3 Å². The van der Waals surface area contributed by atoms with Crippen molar-refractivity contribution >= 4 is 15.9 Å². The molecule has 0 fully saturated rings. The number of hydrogen-bond donors (Lipinski definition) is 2. The lowest BCUT2D eigenvalue weighted by molar-refractivity contribution is 0.472. The van der Waals surface area contributed by atoms with Gasteiger partial charge >= 0.3 is 0 Å². The molecule has 0 spiro atoms. The van der Waals surface area contributed by atoms with Gasteiger partial charge in [-0.25, -0.2) is 0 Å². The molecule has 2 rings (SSSR count). The third kappa shape index (κ3) is 2.44. The zero-order valence-corrected chi connectivity index (χ0v) is 11.0. The van der Waals surface area contributed by atoms with Crippen LogP contribution in [0.2, 0.25) is 0 Å². The van der Waals surface area contributed by atoms with Gasteiger partial charge in [0.15, 0.2) is 0 Å². The van der Waals surface area contributed by atoms with Gasteiger partial charge in [0.05, 0.1) is 4.47 Å². The highest BCUT2D eigenvalue weighted by atomic mass is 79.9. The Balaban J connectivity index is 2.57. The van der Waals surface area contributed by atoms with Crippen molar-refractivity contribution in [2.24, 2.45) is 0 Å². The Labute approximate surface area is 109 Å². The Kier molecular flexibility index (Phi) is 3.38. The summed E-state index contributed by atoms with van der Waals surface area (Å²) in [7, 11) is 0. The smallest absolute Gasteiger partial charge is 0.137 e. The average molecular weight is 293 g/mol. The zero-order chi connectivity index (χ0) is 12.4. The van der Waals surface area contributed by atoms with E-state index in [0.29, 0.717) is 4.47 Å². The number of halogens is 1. The molecule has 0 amide bonds. The highest BCUT2D eigenvalue weighted by Gasteiger charge is 2.09. The van der Waals surface area contributed by atoms with E-state index in [0.717, 1.165) is 23.1 Å². The van der Waals surface area contributed by atoms with E-state index in [1.807, 2.05) is 12.1 Å². The molecule has 17 heavy (non-hydrogen) atoms. The first-order valence-corrected chi connectivity index (χ1v) is 6.22. The number of benzene rings is 2. The van der Waals surface area contributed by atoms with Crippen LogP contribution >= 0.6 is 15.9 Å². The Bertz CT molecular complexity index is 533. The van der Waals surface area contributed by atoms with Crippen LogP contribution in [0.4, 0.5) is 0 Å². The largest absolute Gasteiger partial charge is 0.508 e. The van der Waals surface area contributed by atoms with Crippen molar-refractivity contribution in [3.63, 3.8) is 0 Å². The van der Waals surface area contributed by atoms with Gasteiger partial charge in [0.1, 0.15) is 11.5 Å². The second kappa shape index (κ2) is 4.80. The van der Waals surface area contributed by atoms with Crippen LogP contribution in [0, 0.1) is 0 Å². The topological polar surface area (TPSA) is 40.5 Å². The third-order valence-corrected chi connectivity index (χ3v) is 3.31. The first kappa shape index (κ1) is 12.0. The molecule has 2 aromatic carbocycles. The summed E-state index contributed by atoms with van der Waals surface area (Å²) in [4.78, 5) is 0. The van der Waals surface area contributed by atoms with Gasteiger partial charge in [0, 0.05) is 5.56 Å². The molecule has 0 aliphatic rings. The van der Waals surface area contributed by atoms with Crippen molar-refractivity contribution in [3.8, 4) is 22.6 Å². The van der Waals surface area contributed by atoms with Gasteiger partial charge in [-0.15, -0.1) is 0 Å². The fourth-order valence-corrected chi connectivity index (χ4v) is 2.23. The van der Waals surface area contributed by atoms with E-state index in [1.54, 1.807) is 24.3 Å². The predicted molar refractivity (Wildman–Crippen MR) is 72.3 cm³/mol. The molecule has 88 valence electrons. The van der Waals surface area contributed by atoms with Gasteiger partial charge in [-0.05, 0) is 57.7 Å². The van der Waals surface area contributed by atoms with E-state index in [2.05, 4.69) is 22.9 Å². The van der Waals surface area contributed by atoms with Crippen LogP contribution in [0.3, 0.4) is 0 Å². The average Bonchev–Trinajstić information content (AvgIpc) is 2.34. The van der Waals surface area contributed by atoms with Crippen molar-refractivity contribution < 1.29 is 10.2 Å². The van der Waals surface area contributed by atoms with Crippen molar-refractivity contribution in [3.05, 3.63) is 46.4 Å². The number of phenolic OH excluding ortho intramolecular Hbond substituents is 2. The quantitative estimate of drug-likeness (QED) is 0.875. The summed E-state index contributed by atoms with van der Waals surface area (Å²) in [6.45, 7) is 2.07. The summed E-state index contributed by atoms with van der Waals surface area (Å²) in [6, 6.07) is 10.7. The number of hydrogen-bond acceptors (Lipinski definition) is 2. The Morgan fingerprint density at radius 1 is 1.06 bits per heavy atom. The Morgan fingerprint density at radius 3 is 2.29 bits per heavy atom. The van der Waals surface area contributed by atoms with E-state index in [4.69, 9.17) is 0 Å². The van der Waals surface area contributed by atoms with E-state index in [1.165, 1.54) is 0 Å². The molecule has 2 N–H and O–H groups in total. The number of aromatic hydroxyl groups is 2. The maximum atomic E-state index is 10.0. The molecule has 2 aromatic rings. The highest BCUT2D eigenvalue weighted by Crippen LogP contribution is 2.37. The summed E-state index contributed by atoms with van der Waals surface area (Å²) >= 11 is 3.35. The van der Waals surface area contributed by atoms with Gasteiger partial charge in [0.25, 0.3) is 0 Å². The molecule has 3 heteroatoms. The SMILES string of the molecule is CCc1cc(Br)c(O)c(-c2ccc(O)cc2)c1. The van der Waals surface area contributed by atoms with Crippen LogP contribution in [0.1, 0.15) is 12.5 Å². The zero-order valence-electron chi connectivity index (χ0n) is 9.44. The van der Waals surface area contributed by atoms with E-state index in [9.17, 15) is 10.2 Å². The minimum absolute atomic E-state index is 0.221. The molecule has 0 aliphatic carbocycles. The van der Waals surface area contributed by atoms with Crippen LogP contribution in [0.5, 0.6) is 11.5 Å². The van der Waals surface area contributed by atoms with Crippen LogP contribution in [0.25, 0.3) is 11.1 Å². The van der Waals surface area contributed by atoms with Crippen molar-refractivity contribution in [1.82, 2.24) is 0 Å². The van der Waals surface area contributed by atoms with E-state index >= 15 is 0 Å². The monoisotopic (exact) mass is 292 g/mol. The van der Waals surface area contributed by atoms with Crippen molar-refractivity contribution in [2.75, 3.05) is 0 Å². The molecule has 0 radical (unpaired) electrons. The van der Waals surface area contributed by atoms with Gasteiger partial charge < -0.3 is 10.2 Å². The van der Waals surface area contributed by atoms with E-state index in [-0.39, 0.29) is 11.5 Å². The van der Waals surface area contributed by atoms with Crippen LogP contribution in [0.15, 0.2) is 40.9 Å². The van der Waals surface area contributed by atoms with Crippen LogP contribution in [-0.2, 0) is 6.42 Å². The van der Waals surface area contributed by atoms with Gasteiger partial charge in [-0.1, -0.05) is 19.1 Å². The lowest BCUT2D eigenvalue weighted by Crippen LogP contribution is -1.86. The van der Waals surface area contributed by atoms with Gasteiger partial charge in [0.2, 0.25) is 0 Å². The van der Waals surface area contributed by atoms with Gasteiger partial charge in [-0.3, -0.25) is 0 Å². The number of aryl methyl sites for hydroxylation is 1. The summed E-state index contributed by atoms with van der Waals surface area (Å²) < 4.78 is 0.694. The maximum absolute atomic E-state index is 10.0. The molecule has 2 nitrogen and oxygen atoms in total. The molecule has 0 aliphatic heterocycles. The van der Waals surface area contributed by atoms with Crippen molar-refractivity contribution in [1.29, 1.82) is 0 Å². The molecule has 0 heterocycles. The second-order valence-electron chi connectivity index (χ2n) is 3.87. The standard InChI is InChI=1S/C14H13BrO2/c1-2-9-7-12(14(17)13(15)8-9)10-3-5-11(16)6-4-10/h3-8,16-17H,2H2,1H3. The first-order valence-electron chi connectivity index (χ1n) is 5.42. The number of rotatable bonds is 2. The Hall–Kier alpha value is -1.48. The normalized spacial score (nSPS) is 10.5. The minimum Gasteiger partial charge on any atom is -0.508 e. The molecule has 0 saturated carbocycles. The molecule has 0 aromatic heterocycles. The second-order valence-corrected chi connectivity index (χ2v) is 4.73. The summed E-state index contributed by atoms with van der Waals surface area (Å²) in [5, 5.41) is 19.3.